The number of rotatable bonds is 2. The summed E-state index contributed by atoms with van der Waals surface area (Å²) in [5, 5.41) is 7.57. The summed E-state index contributed by atoms with van der Waals surface area (Å²) < 4.78 is 5.52. The zero-order valence-corrected chi connectivity index (χ0v) is 11.2. The first-order chi connectivity index (χ1) is 10.1. The van der Waals surface area contributed by atoms with E-state index in [1.165, 1.54) is 0 Å². The first-order valence-corrected chi connectivity index (χ1v) is 6.74. The molecule has 0 radical (unpaired) electrons. The maximum absolute atomic E-state index is 12.2. The monoisotopic (exact) mass is 289 g/mol. The Balaban J connectivity index is 1.73. The van der Waals surface area contributed by atoms with Gasteiger partial charge in [-0.15, -0.1) is 0 Å². The van der Waals surface area contributed by atoms with Gasteiger partial charge in [0.1, 0.15) is 5.75 Å². The average molecular weight is 289 g/mol. The van der Waals surface area contributed by atoms with Gasteiger partial charge in [-0.2, -0.15) is 0 Å². The zero-order chi connectivity index (χ0) is 14.8. The van der Waals surface area contributed by atoms with Crippen LogP contribution in [0.3, 0.4) is 0 Å². The number of hydrogen-bond donors (Lipinski definition) is 3. The molecule has 0 aromatic heterocycles. The van der Waals surface area contributed by atoms with Crippen molar-refractivity contribution in [2.75, 3.05) is 13.2 Å². The Morgan fingerprint density at radius 2 is 2.10 bits per heavy atom. The number of piperazine rings is 1. The highest BCUT2D eigenvalue weighted by atomic mass is 16.5. The van der Waals surface area contributed by atoms with E-state index >= 15 is 0 Å². The maximum atomic E-state index is 12.2. The first kappa shape index (κ1) is 13.4. The second kappa shape index (κ2) is 5.43. The van der Waals surface area contributed by atoms with Crippen LogP contribution in [0.2, 0.25) is 0 Å². The van der Waals surface area contributed by atoms with Crippen LogP contribution in [-0.4, -0.2) is 36.9 Å². The molecule has 7 nitrogen and oxygen atoms in total. The number of carbonyl (C=O) groups excluding carboxylic acids is 3. The Morgan fingerprint density at radius 1 is 1.29 bits per heavy atom. The smallest absolute Gasteiger partial charge is 0.252 e. The number of carbonyl (C=O) groups is 3. The molecule has 3 N–H and O–H groups in total. The first-order valence-electron chi connectivity index (χ1n) is 6.74. The fourth-order valence-corrected chi connectivity index (χ4v) is 2.48. The number of ether oxygens (including phenoxy) is 1. The van der Waals surface area contributed by atoms with E-state index in [0.717, 1.165) is 11.3 Å². The summed E-state index contributed by atoms with van der Waals surface area (Å²) in [5.74, 6) is -0.650. The Labute approximate surface area is 121 Å². The lowest BCUT2D eigenvalue weighted by Crippen LogP contribution is -2.62. The normalized spacial score (nSPS) is 24.2. The number of amides is 3. The summed E-state index contributed by atoms with van der Waals surface area (Å²) in [6, 6.07) is 6.02. The maximum Gasteiger partial charge on any atom is 0.252 e. The Bertz CT molecular complexity index is 602. The largest absolute Gasteiger partial charge is 0.493 e. The summed E-state index contributed by atoms with van der Waals surface area (Å²) in [7, 11) is 0. The van der Waals surface area contributed by atoms with E-state index in [1.807, 2.05) is 24.3 Å². The minimum Gasteiger partial charge on any atom is -0.493 e. The van der Waals surface area contributed by atoms with Gasteiger partial charge in [0, 0.05) is 12.0 Å². The average Bonchev–Trinajstić information content (AvgIpc) is 2.50. The summed E-state index contributed by atoms with van der Waals surface area (Å²) >= 11 is 0. The molecular weight excluding hydrogens is 274 g/mol. The molecule has 0 aliphatic carbocycles. The van der Waals surface area contributed by atoms with Gasteiger partial charge < -0.3 is 20.7 Å². The minimum absolute atomic E-state index is 0.0945. The topological polar surface area (TPSA) is 96.5 Å². The molecule has 0 spiro atoms. The van der Waals surface area contributed by atoms with Gasteiger partial charge in [0.2, 0.25) is 5.91 Å². The minimum atomic E-state index is -1.18. The van der Waals surface area contributed by atoms with Crippen molar-refractivity contribution in [1.29, 1.82) is 0 Å². The summed E-state index contributed by atoms with van der Waals surface area (Å²) in [6.07, 6.45) is 0.616. The van der Waals surface area contributed by atoms with Crippen LogP contribution in [0.4, 0.5) is 0 Å². The molecule has 0 saturated carbocycles. The second-order valence-corrected chi connectivity index (χ2v) is 4.95. The van der Waals surface area contributed by atoms with Crippen LogP contribution >= 0.6 is 0 Å². The van der Waals surface area contributed by atoms with Gasteiger partial charge in [0.05, 0.1) is 19.2 Å². The van der Waals surface area contributed by atoms with Crippen LogP contribution < -0.4 is 20.7 Å². The predicted octanol–water partition coefficient (Wildman–Crippen LogP) is -0.759. The standard InChI is InChI=1S/C14H15N3O4/c18-11-7-15-13(19)12(17-11)14(20)16-9-5-6-21-10-4-2-1-3-8(9)10/h1-4,9,12H,5-7H2,(H,15,19)(H,16,20)(H,17,18)/t9-,12+/m1/s1. The number of fused-ring (bicyclic) bond motifs is 1. The third-order valence-corrected chi connectivity index (χ3v) is 3.53. The molecule has 3 rings (SSSR count). The van der Waals surface area contributed by atoms with E-state index in [1.54, 1.807) is 0 Å². The molecule has 2 atom stereocenters. The van der Waals surface area contributed by atoms with E-state index in [-0.39, 0.29) is 18.5 Å². The van der Waals surface area contributed by atoms with E-state index in [0.29, 0.717) is 13.0 Å². The Morgan fingerprint density at radius 3 is 2.95 bits per heavy atom. The molecule has 1 aromatic rings. The van der Waals surface area contributed by atoms with Crippen LogP contribution in [0.25, 0.3) is 0 Å². The van der Waals surface area contributed by atoms with Gasteiger partial charge in [-0.05, 0) is 6.07 Å². The van der Waals surface area contributed by atoms with E-state index in [4.69, 9.17) is 4.74 Å². The van der Waals surface area contributed by atoms with Gasteiger partial charge in [-0.1, -0.05) is 18.2 Å². The molecule has 110 valence electrons. The van der Waals surface area contributed by atoms with Crippen molar-refractivity contribution >= 4 is 17.7 Å². The van der Waals surface area contributed by atoms with E-state index in [2.05, 4.69) is 16.0 Å². The third kappa shape index (κ3) is 2.67. The summed E-state index contributed by atoms with van der Waals surface area (Å²) in [4.78, 5) is 35.2. The quantitative estimate of drug-likeness (QED) is 0.624. The van der Waals surface area contributed by atoms with Crippen molar-refractivity contribution in [3.8, 4) is 5.75 Å². The number of benzene rings is 1. The van der Waals surface area contributed by atoms with Crippen molar-refractivity contribution in [3.63, 3.8) is 0 Å². The highest BCUT2D eigenvalue weighted by molar-refractivity contribution is 6.10. The molecule has 1 aromatic carbocycles. The highest BCUT2D eigenvalue weighted by Crippen LogP contribution is 2.31. The number of para-hydroxylation sites is 1. The Kier molecular flexibility index (Phi) is 3.47. The molecule has 0 unspecified atom stereocenters. The summed E-state index contributed by atoms with van der Waals surface area (Å²) in [6.45, 7) is 0.397. The fraction of sp³-hybridized carbons (Fsp3) is 0.357. The lowest BCUT2D eigenvalue weighted by atomic mass is 10.00. The molecule has 2 heterocycles. The molecule has 2 aliphatic rings. The second-order valence-electron chi connectivity index (χ2n) is 4.95. The molecule has 7 heteroatoms. The van der Waals surface area contributed by atoms with Crippen LogP contribution in [0.5, 0.6) is 5.75 Å². The number of nitrogens with one attached hydrogen (secondary N) is 3. The van der Waals surface area contributed by atoms with E-state index < -0.39 is 17.9 Å². The Hall–Kier alpha value is -2.57. The van der Waals surface area contributed by atoms with Crippen molar-refractivity contribution < 1.29 is 19.1 Å². The van der Waals surface area contributed by atoms with Crippen molar-refractivity contribution in [2.45, 2.75) is 18.5 Å². The third-order valence-electron chi connectivity index (χ3n) is 3.53. The van der Waals surface area contributed by atoms with Crippen LogP contribution in [-0.2, 0) is 14.4 Å². The van der Waals surface area contributed by atoms with Gasteiger partial charge in [-0.25, -0.2) is 0 Å². The van der Waals surface area contributed by atoms with Gasteiger partial charge >= 0.3 is 0 Å². The SMILES string of the molecule is O=C1CNC(=O)[C@@H](C(=O)N[C@@H]2CCOc3ccccc32)N1. The number of hydrogen-bond acceptors (Lipinski definition) is 4. The zero-order valence-electron chi connectivity index (χ0n) is 11.2. The van der Waals surface area contributed by atoms with Crippen molar-refractivity contribution in [2.24, 2.45) is 0 Å². The lowest BCUT2D eigenvalue weighted by molar-refractivity contribution is -0.140. The van der Waals surface area contributed by atoms with Gasteiger partial charge in [0.15, 0.2) is 6.04 Å². The highest BCUT2D eigenvalue weighted by Gasteiger charge is 2.34. The molecule has 21 heavy (non-hydrogen) atoms. The fourth-order valence-electron chi connectivity index (χ4n) is 2.48. The van der Waals surface area contributed by atoms with Crippen LogP contribution in [0, 0.1) is 0 Å². The molecular formula is C14H15N3O4. The molecule has 1 fully saturated rings. The van der Waals surface area contributed by atoms with Crippen LogP contribution in [0.15, 0.2) is 24.3 Å². The van der Waals surface area contributed by atoms with Gasteiger partial charge in [-0.3, -0.25) is 14.4 Å². The summed E-state index contributed by atoms with van der Waals surface area (Å²) in [5.41, 5.74) is 0.875. The van der Waals surface area contributed by atoms with Crippen LogP contribution in [0.1, 0.15) is 18.0 Å². The van der Waals surface area contributed by atoms with Crippen molar-refractivity contribution in [1.82, 2.24) is 16.0 Å². The molecule has 3 amide bonds. The lowest BCUT2D eigenvalue weighted by Gasteiger charge is -2.29. The van der Waals surface area contributed by atoms with Crippen molar-refractivity contribution in [3.05, 3.63) is 29.8 Å². The van der Waals surface area contributed by atoms with E-state index in [9.17, 15) is 14.4 Å². The molecule has 1 saturated heterocycles. The predicted molar refractivity (Wildman–Crippen MR) is 72.4 cm³/mol. The van der Waals surface area contributed by atoms with Gasteiger partial charge in [0.25, 0.3) is 11.8 Å². The molecule has 0 bridgehead atoms. The molecule has 2 aliphatic heterocycles.